The SMILES string of the molecule is CCNC(=NCCCOCc1ccco1)N1CCc2ccccc2C1. The van der Waals surface area contributed by atoms with Gasteiger partial charge in [-0.25, -0.2) is 0 Å². The molecule has 0 radical (unpaired) electrons. The van der Waals surface area contributed by atoms with E-state index in [-0.39, 0.29) is 0 Å². The number of benzene rings is 1. The summed E-state index contributed by atoms with van der Waals surface area (Å²) in [5, 5.41) is 3.42. The number of guanidine groups is 1. The van der Waals surface area contributed by atoms with Crippen molar-refractivity contribution in [3.05, 3.63) is 59.5 Å². The minimum atomic E-state index is 0.527. The zero-order valence-electron chi connectivity index (χ0n) is 14.9. The fourth-order valence-corrected chi connectivity index (χ4v) is 3.02. The van der Waals surface area contributed by atoms with E-state index in [9.17, 15) is 0 Å². The minimum absolute atomic E-state index is 0.527. The highest BCUT2D eigenvalue weighted by molar-refractivity contribution is 5.80. The summed E-state index contributed by atoms with van der Waals surface area (Å²) < 4.78 is 10.9. The maximum Gasteiger partial charge on any atom is 0.194 e. The summed E-state index contributed by atoms with van der Waals surface area (Å²) in [6.45, 7) is 6.91. The van der Waals surface area contributed by atoms with Gasteiger partial charge in [-0.05, 0) is 43.0 Å². The third-order valence-electron chi connectivity index (χ3n) is 4.30. The highest BCUT2D eigenvalue weighted by Crippen LogP contribution is 2.18. The molecule has 1 aliphatic rings. The number of furan rings is 1. The van der Waals surface area contributed by atoms with Crippen molar-refractivity contribution in [1.82, 2.24) is 10.2 Å². The van der Waals surface area contributed by atoms with Crippen LogP contribution < -0.4 is 5.32 Å². The second-order valence-corrected chi connectivity index (χ2v) is 6.16. The highest BCUT2D eigenvalue weighted by Gasteiger charge is 2.18. The quantitative estimate of drug-likeness (QED) is 0.477. The van der Waals surface area contributed by atoms with Gasteiger partial charge < -0.3 is 19.4 Å². The molecule has 5 nitrogen and oxygen atoms in total. The topological polar surface area (TPSA) is 50.0 Å². The normalized spacial score (nSPS) is 14.4. The van der Waals surface area contributed by atoms with Crippen molar-refractivity contribution >= 4 is 5.96 Å². The summed E-state index contributed by atoms with van der Waals surface area (Å²) in [7, 11) is 0. The summed E-state index contributed by atoms with van der Waals surface area (Å²) in [5.74, 6) is 1.87. The van der Waals surface area contributed by atoms with E-state index in [4.69, 9.17) is 14.1 Å². The summed E-state index contributed by atoms with van der Waals surface area (Å²) in [6.07, 6.45) is 3.65. The van der Waals surface area contributed by atoms with Gasteiger partial charge in [0.25, 0.3) is 0 Å². The van der Waals surface area contributed by atoms with Crippen LogP contribution in [0.15, 0.2) is 52.1 Å². The number of fused-ring (bicyclic) bond motifs is 1. The monoisotopic (exact) mass is 341 g/mol. The maximum absolute atomic E-state index is 5.61. The molecule has 0 spiro atoms. The van der Waals surface area contributed by atoms with Gasteiger partial charge in [0.2, 0.25) is 0 Å². The van der Waals surface area contributed by atoms with Crippen LogP contribution in [0.3, 0.4) is 0 Å². The molecule has 0 atom stereocenters. The number of rotatable bonds is 7. The smallest absolute Gasteiger partial charge is 0.194 e. The zero-order valence-corrected chi connectivity index (χ0v) is 14.9. The summed E-state index contributed by atoms with van der Waals surface area (Å²) in [5.41, 5.74) is 2.86. The third-order valence-corrected chi connectivity index (χ3v) is 4.30. The van der Waals surface area contributed by atoms with Crippen molar-refractivity contribution in [2.45, 2.75) is 32.9 Å². The van der Waals surface area contributed by atoms with E-state index >= 15 is 0 Å². The molecule has 2 aromatic rings. The van der Waals surface area contributed by atoms with E-state index in [2.05, 4.69) is 41.4 Å². The van der Waals surface area contributed by atoms with Crippen molar-refractivity contribution in [1.29, 1.82) is 0 Å². The molecule has 134 valence electrons. The molecule has 0 fully saturated rings. The average molecular weight is 341 g/mol. The summed E-state index contributed by atoms with van der Waals surface area (Å²) >= 11 is 0. The van der Waals surface area contributed by atoms with E-state index in [1.807, 2.05) is 12.1 Å². The molecule has 3 rings (SSSR count). The Morgan fingerprint density at radius 1 is 1.24 bits per heavy atom. The first-order chi connectivity index (χ1) is 12.4. The Hall–Kier alpha value is -2.27. The van der Waals surface area contributed by atoms with Gasteiger partial charge in [-0.3, -0.25) is 4.99 Å². The van der Waals surface area contributed by atoms with Crippen molar-refractivity contribution in [2.75, 3.05) is 26.2 Å². The Labute approximate surface area is 149 Å². The molecular formula is C20H27N3O2. The molecule has 0 bridgehead atoms. The van der Waals surface area contributed by atoms with E-state index in [1.165, 1.54) is 11.1 Å². The minimum Gasteiger partial charge on any atom is -0.467 e. The fourth-order valence-electron chi connectivity index (χ4n) is 3.02. The van der Waals surface area contributed by atoms with Gasteiger partial charge in [0.05, 0.1) is 6.26 Å². The maximum atomic E-state index is 5.61. The number of ether oxygens (including phenoxy) is 1. The Kier molecular flexibility index (Phi) is 6.51. The van der Waals surface area contributed by atoms with Crippen LogP contribution in [0.1, 0.15) is 30.2 Å². The number of nitrogens with zero attached hydrogens (tertiary/aromatic N) is 2. The number of aliphatic imine (C=N–C) groups is 1. The van der Waals surface area contributed by atoms with Crippen molar-refractivity contribution in [3.8, 4) is 0 Å². The molecule has 0 saturated carbocycles. The van der Waals surface area contributed by atoms with Gasteiger partial charge in [0, 0.05) is 32.8 Å². The Morgan fingerprint density at radius 2 is 2.12 bits per heavy atom. The molecule has 1 aliphatic heterocycles. The molecule has 5 heteroatoms. The number of nitrogens with one attached hydrogen (secondary N) is 1. The molecule has 2 heterocycles. The predicted molar refractivity (Wildman–Crippen MR) is 99.5 cm³/mol. The van der Waals surface area contributed by atoms with Crippen molar-refractivity contribution < 1.29 is 9.15 Å². The zero-order chi connectivity index (χ0) is 17.3. The van der Waals surface area contributed by atoms with Gasteiger partial charge in [0.15, 0.2) is 5.96 Å². The van der Waals surface area contributed by atoms with Gasteiger partial charge in [0.1, 0.15) is 12.4 Å². The molecule has 1 aromatic heterocycles. The Balaban J connectivity index is 1.46. The van der Waals surface area contributed by atoms with Gasteiger partial charge in [-0.2, -0.15) is 0 Å². The van der Waals surface area contributed by atoms with E-state index in [1.54, 1.807) is 6.26 Å². The van der Waals surface area contributed by atoms with Crippen LogP contribution in [0.5, 0.6) is 0 Å². The first-order valence-electron chi connectivity index (χ1n) is 9.07. The van der Waals surface area contributed by atoms with Crippen molar-refractivity contribution in [2.24, 2.45) is 4.99 Å². The average Bonchev–Trinajstić information content (AvgIpc) is 3.16. The Morgan fingerprint density at radius 3 is 2.92 bits per heavy atom. The summed E-state index contributed by atoms with van der Waals surface area (Å²) in [4.78, 5) is 7.12. The third kappa shape index (κ3) is 5.10. The van der Waals surface area contributed by atoms with E-state index in [0.717, 1.165) is 50.7 Å². The highest BCUT2D eigenvalue weighted by atomic mass is 16.5. The second-order valence-electron chi connectivity index (χ2n) is 6.16. The lowest BCUT2D eigenvalue weighted by molar-refractivity contribution is 0.105. The number of hydrogen-bond acceptors (Lipinski definition) is 3. The summed E-state index contributed by atoms with van der Waals surface area (Å²) in [6, 6.07) is 12.5. The van der Waals surface area contributed by atoms with Crippen LogP contribution in [-0.2, 0) is 24.3 Å². The van der Waals surface area contributed by atoms with Crippen LogP contribution >= 0.6 is 0 Å². The first-order valence-corrected chi connectivity index (χ1v) is 9.07. The van der Waals surface area contributed by atoms with Crippen molar-refractivity contribution in [3.63, 3.8) is 0 Å². The van der Waals surface area contributed by atoms with Crippen LogP contribution in [0.2, 0.25) is 0 Å². The largest absolute Gasteiger partial charge is 0.467 e. The molecule has 1 N–H and O–H groups in total. The molecule has 1 aromatic carbocycles. The first kappa shape index (κ1) is 17.5. The lowest BCUT2D eigenvalue weighted by atomic mass is 10.0. The molecule has 0 amide bonds. The molecule has 0 aliphatic carbocycles. The Bertz CT molecular complexity index is 667. The number of hydrogen-bond donors (Lipinski definition) is 1. The lowest BCUT2D eigenvalue weighted by Gasteiger charge is -2.31. The standard InChI is InChI=1S/C20H27N3O2/c1-2-21-20(22-11-6-13-24-16-19-9-5-14-25-19)23-12-10-17-7-3-4-8-18(17)15-23/h3-5,7-9,14H,2,6,10-13,15-16H2,1H3,(H,21,22). The van der Waals surface area contributed by atoms with Gasteiger partial charge in [-0.15, -0.1) is 0 Å². The van der Waals surface area contributed by atoms with Crippen LogP contribution in [0, 0.1) is 0 Å². The molecule has 25 heavy (non-hydrogen) atoms. The van der Waals surface area contributed by atoms with Gasteiger partial charge >= 0.3 is 0 Å². The van der Waals surface area contributed by atoms with Gasteiger partial charge in [-0.1, -0.05) is 24.3 Å². The van der Waals surface area contributed by atoms with Crippen LogP contribution in [-0.4, -0.2) is 37.1 Å². The predicted octanol–water partition coefficient (Wildman–Crippen LogP) is 3.21. The molecule has 0 saturated heterocycles. The molecule has 0 unspecified atom stereocenters. The van der Waals surface area contributed by atoms with Crippen LogP contribution in [0.4, 0.5) is 0 Å². The lowest BCUT2D eigenvalue weighted by Crippen LogP contribution is -2.44. The van der Waals surface area contributed by atoms with E-state index < -0.39 is 0 Å². The second kappa shape index (κ2) is 9.28. The van der Waals surface area contributed by atoms with E-state index in [0.29, 0.717) is 13.2 Å². The fraction of sp³-hybridized carbons (Fsp3) is 0.450. The van der Waals surface area contributed by atoms with Crippen LogP contribution in [0.25, 0.3) is 0 Å². The molecular weight excluding hydrogens is 314 g/mol.